The number of halogens is 2. The van der Waals surface area contributed by atoms with E-state index in [4.69, 9.17) is 28.3 Å². The number of carbonyl (C=O) groups is 3. The van der Waals surface area contributed by atoms with Crippen LogP contribution in [0.5, 0.6) is 0 Å². The molecule has 1 aromatic carbocycles. The summed E-state index contributed by atoms with van der Waals surface area (Å²) in [4.78, 5) is 34.6. The molecular formula is C13H12Cl2N2O4S. The molecule has 22 heavy (non-hydrogen) atoms. The molecule has 0 saturated carbocycles. The van der Waals surface area contributed by atoms with Gasteiger partial charge in [0.15, 0.2) is 0 Å². The summed E-state index contributed by atoms with van der Waals surface area (Å²) in [6.45, 7) is 0. The fraction of sp³-hybridized carbons (Fsp3) is 0.308. The van der Waals surface area contributed by atoms with Crippen molar-refractivity contribution in [1.82, 2.24) is 5.32 Å². The number of amides is 2. The molecule has 118 valence electrons. The monoisotopic (exact) mass is 362 g/mol. The topological polar surface area (TPSA) is 95.5 Å². The minimum atomic E-state index is -1.09. The Kier molecular flexibility index (Phi) is 5.55. The molecule has 0 unspecified atom stereocenters. The Bertz CT molecular complexity index is 626. The molecule has 1 saturated heterocycles. The number of hydrogen-bond acceptors (Lipinski definition) is 4. The number of carboxylic acids is 1. The molecule has 1 heterocycles. The summed E-state index contributed by atoms with van der Waals surface area (Å²) in [6.07, 6.45) is -0.0677. The summed E-state index contributed by atoms with van der Waals surface area (Å²) in [6, 6.07) is 3.74. The Morgan fingerprint density at radius 3 is 2.73 bits per heavy atom. The average molecular weight is 363 g/mol. The first-order valence-corrected chi connectivity index (χ1v) is 8.07. The second-order valence-electron chi connectivity index (χ2n) is 4.60. The van der Waals surface area contributed by atoms with Gasteiger partial charge in [-0.15, -0.1) is 11.8 Å². The Hall–Kier alpha value is -1.44. The summed E-state index contributed by atoms with van der Waals surface area (Å²) in [5.74, 6) is -1.70. The molecule has 3 N–H and O–H groups in total. The minimum Gasteiger partial charge on any atom is -0.480 e. The van der Waals surface area contributed by atoms with Crippen molar-refractivity contribution < 1.29 is 19.5 Å². The standard InChI is InChI=1S/C13H12Cl2N2O4S/c14-6-1-2-8(7(15)3-6)16-11(18)4-10-12(19)17-9(5-22-10)13(20)21/h1-3,9-10H,4-5H2,(H,16,18)(H,17,19)(H,20,21)/t9-,10+/m0/s1. The molecule has 0 bridgehead atoms. The highest BCUT2D eigenvalue weighted by Crippen LogP contribution is 2.26. The predicted octanol–water partition coefficient (Wildman–Crippen LogP) is 2.01. The fourth-order valence-electron chi connectivity index (χ4n) is 1.84. The van der Waals surface area contributed by atoms with E-state index in [9.17, 15) is 14.4 Å². The number of anilines is 1. The molecule has 1 aliphatic rings. The highest BCUT2D eigenvalue weighted by molar-refractivity contribution is 8.00. The normalized spacial score (nSPS) is 21.1. The van der Waals surface area contributed by atoms with Crippen LogP contribution in [0.1, 0.15) is 6.42 Å². The molecule has 1 aromatic rings. The van der Waals surface area contributed by atoms with Crippen LogP contribution in [0.3, 0.4) is 0 Å². The van der Waals surface area contributed by atoms with Crippen molar-refractivity contribution >= 4 is 58.4 Å². The zero-order valence-corrected chi connectivity index (χ0v) is 13.5. The molecule has 2 amide bonds. The first kappa shape index (κ1) is 16.9. The van der Waals surface area contributed by atoms with Crippen molar-refractivity contribution in [3.8, 4) is 0 Å². The van der Waals surface area contributed by atoms with Crippen molar-refractivity contribution in [1.29, 1.82) is 0 Å². The van der Waals surface area contributed by atoms with Crippen LogP contribution in [0.15, 0.2) is 18.2 Å². The quantitative estimate of drug-likeness (QED) is 0.761. The maximum Gasteiger partial charge on any atom is 0.327 e. The van der Waals surface area contributed by atoms with Crippen molar-refractivity contribution in [3.63, 3.8) is 0 Å². The van der Waals surface area contributed by atoms with Crippen molar-refractivity contribution in [2.24, 2.45) is 0 Å². The lowest BCUT2D eigenvalue weighted by atomic mass is 10.2. The van der Waals surface area contributed by atoms with E-state index in [1.807, 2.05) is 0 Å². The van der Waals surface area contributed by atoms with Gasteiger partial charge in [-0.05, 0) is 18.2 Å². The lowest BCUT2D eigenvalue weighted by Gasteiger charge is -2.25. The lowest BCUT2D eigenvalue weighted by molar-refractivity contribution is -0.141. The minimum absolute atomic E-state index is 0.0677. The molecule has 1 aliphatic heterocycles. The third-order valence-corrected chi connectivity index (χ3v) is 4.80. The summed E-state index contributed by atoms with van der Waals surface area (Å²) in [5.41, 5.74) is 0.403. The van der Waals surface area contributed by atoms with E-state index in [1.165, 1.54) is 6.07 Å². The summed E-state index contributed by atoms with van der Waals surface area (Å²) >= 11 is 12.9. The van der Waals surface area contributed by atoms with E-state index in [1.54, 1.807) is 12.1 Å². The van der Waals surface area contributed by atoms with E-state index in [2.05, 4.69) is 10.6 Å². The van der Waals surface area contributed by atoms with Gasteiger partial charge in [0.25, 0.3) is 0 Å². The number of thioether (sulfide) groups is 1. The molecule has 1 fully saturated rings. The van der Waals surface area contributed by atoms with Gasteiger partial charge in [-0.25, -0.2) is 4.79 Å². The zero-order valence-electron chi connectivity index (χ0n) is 11.1. The first-order valence-electron chi connectivity index (χ1n) is 6.26. The third-order valence-electron chi connectivity index (χ3n) is 2.95. The molecule has 9 heteroatoms. The van der Waals surface area contributed by atoms with Crippen LogP contribution in [-0.2, 0) is 14.4 Å². The Morgan fingerprint density at radius 2 is 2.14 bits per heavy atom. The number of benzene rings is 1. The number of aliphatic carboxylic acids is 1. The Labute approximate surface area is 140 Å². The molecule has 6 nitrogen and oxygen atoms in total. The zero-order chi connectivity index (χ0) is 16.3. The number of carbonyl (C=O) groups excluding carboxylic acids is 2. The van der Waals surface area contributed by atoms with E-state index in [-0.39, 0.29) is 18.1 Å². The van der Waals surface area contributed by atoms with E-state index in [0.717, 1.165) is 11.8 Å². The van der Waals surface area contributed by atoms with Crippen molar-refractivity contribution in [3.05, 3.63) is 28.2 Å². The van der Waals surface area contributed by atoms with Gasteiger partial charge in [0.1, 0.15) is 6.04 Å². The molecule has 2 atom stereocenters. The molecular weight excluding hydrogens is 351 g/mol. The lowest BCUT2D eigenvalue weighted by Crippen LogP contribution is -2.51. The number of rotatable bonds is 4. The van der Waals surface area contributed by atoms with Crippen LogP contribution in [0, 0.1) is 0 Å². The Balaban J connectivity index is 1.92. The van der Waals surface area contributed by atoms with Gasteiger partial charge in [0.2, 0.25) is 11.8 Å². The predicted molar refractivity (Wildman–Crippen MR) is 85.5 cm³/mol. The van der Waals surface area contributed by atoms with Crippen LogP contribution in [0.4, 0.5) is 5.69 Å². The van der Waals surface area contributed by atoms with Gasteiger partial charge in [-0.3, -0.25) is 9.59 Å². The van der Waals surface area contributed by atoms with Crippen LogP contribution < -0.4 is 10.6 Å². The van der Waals surface area contributed by atoms with E-state index >= 15 is 0 Å². The summed E-state index contributed by atoms with van der Waals surface area (Å²) in [5, 5.41) is 13.9. The van der Waals surface area contributed by atoms with Crippen LogP contribution in [0.2, 0.25) is 10.0 Å². The Morgan fingerprint density at radius 1 is 1.41 bits per heavy atom. The largest absolute Gasteiger partial charge is 0.480 e. The summed E-state index contributed by atoms with van der Waals surface area (Å²) < 4.78 is 0. The SMILES string of the molecule is O=C(C[C@H]1SC[C@@H](C(=O)O)NC1=O)Nc1ccc(Cl)cc1Cl. The van der Waals surface area contributed by atoms with Gasteiger partial charge in [0, 0.05) is 17.2 Å². The van der Waals surface area contributed by atoms with Gasteiger partial charge in [0.05, 0.1) is 16.0 Å². The van der Waals surface area contributed by atoms with Crippen LogP contribution in [-0.4, -0.2) is 39.9 Å². The number of carboxylic acid groups (broad SMARTS) is 1. The van der Waals surface area contributed by atoms with E-state index < -0.39 is 23.2 Å². The number of hydrogen-bond donors (Lipinski definition) is 3. The van der Waals surface area contributed by atoms with E-state index in [0.29, 0.717) is 15.7 Å². The maximum atomic E-state index is 12.0. The van der Waals surface area contributed by atoms with Crippen LogP contribution in [0.25, 0.3) is 0 Å². The highest BCUT2D eigenvalue weighted by atomic mass is 35.5. The summed E-state index contributed by atoms with van der Waals surface area (Å²) in [7, 11) is 0. The molecule has 2 rings (SSSR count). The van der Waals surface area contributed by atoms with Crippen LogP contribution >= 0.6 is 35.0 Å². The maximum absolute atomic E-state index is 12.0. The van der Waals surface area contributed by atoms with Gasteiger partial charge in [-0.2, -0.15) is 0 Å². The van der Waals surface area contributed by atoms with Gasteiger partial charge in [-0.1, -0.05) is 23.2 Å². The first-order chi connectivity index (χ1) is 10.4. The smallest absolute Gasteiger partial charge is 0.327 e. The van der Waals surface area contributed by atoms with Crippen molar-refractivity contribution in [2.45, 2.75) is 17.7 Å². The fourth-order valence-corrected chi connectivity index (χ4v) is 3.43. The molecule has 0 aromatic heterocycles. The number of nitrogens with one attached hydrogen (secondary N) is 2. The molecule has 0 radical (unpaired) electrons. The van der Waals surface area contributed by atoms with Crippen molar-refractivity contribution in [2.75, 3.05) is 11.1 Å². The third kappa shape index (κ3) is 4.28. The second-order valence-corrected chi connectivity index (χ2v) is 6.68. The van der Waals surface area contributed by atoms with Gasteiger partial charge < -0.3 is 15.7 Å². The molecule has 0 aliphatic carbocycles. The molecule has 0 spiro atoms. The highest BCUT2D eigenvalue weighted by Gasteiger charge is 2.33. The van der Waals surface area contributed by atoms with Gasteiger partial charge >= 0.3 is 5.97 Å². The second kappa shape index (κ2) is 7.21. The average Bonchev–Trinajstić information content (AvgIpc) is 2.44.